The lowest BCUT2D eigenvalue weighted by atomic mass is 9.94. The maximum Gasteiger partial charge on any atom is 0.305 e. The Morgan fingerprint density at radius 1 is 0.460 bits per heavy atom. The summed E-state index contributed by atoms with van der Waals surface area (Å²) in [6.07, 6.45) is 50.7. The van der Waals surface area contributed by atoms with Gasteiger partial charge >= 0.3 is 11.9 Å². The minimum Gasteiger partial charge on any atom is -0.466 e. The number of carbonyl (C=O) groups is 2. The first-order valence-corrected chi connectivity index (χ1v) is 28.4. The molecule has 0 aromatic heterocycles. The molecule has 1 fully saturated rings. The number of nitrogens with zero attached hydrogens (tertiary/aromatic N) is 2. The molecule has 1 saturated carbocycles. The molecule has 0 aromatic carbocycles. The average Bonchev–Trinajstić information content (AvgIpc) is 3.29. The number of hydrogen-bond acceptors (Lipinski definition) is 7. The van der Waals surface area contributed by atoms with Gasteiger partial charge in [0, 0.05) is 38.5 Å². The number of rotatable bonds is 49. The van der Waals surface area contributed by atoms with E-state index in [-0.39, 0.29) is 18.5 Å². The maximum absolute atomic E-state index is 12.8. The molecule has 0 bridgehead atoms. The Kier molecular flexibility index (Phi) is 44.9. The van der Waals surface area contributed by atoms with Crippen LogP contribution in [-0.2, 0) is 19.1 Å². The fourth-order valence-corrected chi connectivity index (χ4v) is 9.79. The molecule has 1 aliphatic rings. The van der Waals surface area contributed by atoms with E-state index < -0.39 is 0 Å². The number of hydrogen-bond donors (Lipinski definition) is 1. The van der Waals surface area contributed by atoms with Crippen LogP contribution in [0.1, 0.15) is 284 Å². The molecule has 0 aliphatic heterocycles. The van der Waals surface area contributed by atoms with Crippen molar-refractivity contribution in [1.82, 2.24) is 9.80 Å². The van der Waals surface area contributed by atoms with E-state index in [9.17, 15) is 14.7 Å². The van der Waals surface area contributed by atoms with Crippen LogP contribution in [0.25, 0.3) is 0 Å². The average molecular weight is 892 g/mol. The second kappa shape index (κ2) is 47.3. The van der Waals surface area contributed by atoms with Gasteiger partial charge in [-0.1, -0.05) is 213 Å². The van der Waals surface area contributed by atoms with Crippen LogP contribution in [0.3, 0.4) is 0 Å². The van der Waals surface area contributed by atoms with Gasteiger partial charge in [-0.25, -0.2) is 0 Å². The fourth-order valence-electron chi connectivity index (χ4n) is 9.79. The van der Waals surface area contributed by atoms with Crippen molar-refractivity contribution in [2.45, 2.75) is 290 Å². The van der Waals surface area contributed by atoms with E-state index in [1.807, 2.05) is 0 Å². The largest absolute Gasteiger partial charge is 0.466 e. The Morgan fingerprint density at radius 2 is 0.889 bits per heavy atom. The maximum atomic E-state index is 12.8. The van der Waals surface area contributed by atoms with Crippen LogP contribution in [0, 0.1) is 5.92 Å². The Hall–Kier alpha value is -1.18. The predicted octanol–water partition coefficient (Wildman–Crippen LogP) is 15.7. The number of ether oxygens (including phenoxy) is 2. The lowest BCUT2D eigenvalue weighted by Gasteiger charge is -2.36. The van der Waals surface area contributed by atoms with Crippen molar-refractivity contribution in [3.63, 3.8) is 0 Å². The van der Waals surface area contributed by atoms with Crippen molar-refractivity contribution < 1.29 is 24.2 Å². The summed E-state index contributed by atoms with van der Waals surface area (Å²) in [5, 5.41) is 9.89. The zero-order valence-corrected chi connectivity index (χ0v) is 42.8. The summed E-state index contributed by atoms with van der Waals surface area (Å²) in [5.74, 6) is 0.485. The molecule has 1 rings (SSSR count). The molecule has 0 heterocycles. The molecule has 1 aliphatic carbocycles. The van der Waals surface area contributed by atoms with E-state index in [0.29, 0.717) is 44.6 Å². The summed E-state index contributed by atoms with van der Waals surface area (Å²) < 4.78 is 11.5. The number of esters is 2. The van der Waals surface area contributed by atoms with Gasteiger partial charge in [0.05, 0.1) is 19.8 Å². The fraction of sp³-hybridized carbons (Fsp3) is 0.964. The van der Waals surface area contributed by atoms with Crippen molar-refractivity contribution in [2.24, 2.45) is 5.92 Å². The van der Waals surface area contributed by atoms with Crippen molar-refractivity contribution in [1.29, 1.82) is 0 Å². The highest BCUT2D eigenvalue weighted by Crippen LogP contribution is 2.24. The van der Waals surface area contributed by atoms with Gasteiger partial charge in [0.2, 0.25) is 0 Å². The van der Waals surface area contributed by atoms with Crippen molar-refractivity contribution in [2.75, 3.05) is 52.5 Å². The highest BCUT2D eigenvalue weighted by atomic mass is 16.5. The lowest BCUT2D eigenvalue weighted by Crippen LogP contribution is -2.43. The summed E-state index contributed by atoms with van der Waals surface area (Å²) in [7, 11) is 0. The van der Waals surface area contributed by atoms with Gasteiger partial charge in [-0.05, 0) is 76.8 Å². The molecule has 7 nitrogen and oxygen atoms in total. The van der Waals surface area contributed by atoms with E-state index in [1.54, 1.807) is 0 Å². The molecular weight excluding hydrogens is 781 g/mol. The third kappa shape index (κ3) is 39.7. The van der Waals surface area contributed by atoms with Crippen molar-refractivity contribution in [3.05, 3.63) is 0 Å². The zero-order chi connectivity index (χ0) is 45.5. The molecule has 0 unspecified atom stereocenters. The zero-order valence-electron chi connectivity index (χ0n) is 42.8. The van der Waals surface area contributed by atoms with Gasteiger partial charge in [0.1, 0.15) is 0 Å². The minimum absolute atomic E-state index is 0.0154. The first-order chi connectivity index (χ1) is 31.0. The van der Waals surface area contributed by atoms with E-state index in [1.165, 1.54) is 205 Å². The molecular formula is C56H110N2O5. The van der Waals surface area contributed by atoms with Crippen molar-refractivity contribution in [3.8, 4) is 0 Å². The smallest absolute Gasteiger partial charge is 0.305 e. The number of carbonyl (C=O) groups excluding carboxylic acids is 2. The van der Waals surface area contributed by atoms with Crippen LogP contribution in [0.4, 0.5) is 0 Å². The van der Waals surface area contributed by atoms with Crippen LogP contribution < -0.4 is 0 Å². The normalized spacial score (nSPS) is 13.5. The molecule has 7 heteroatoms. The highest BCUT2D eigenvalue weighted by molar-refractivity contribution is 5.69. The van der Waals surface area contributed by atoms with E-state index >= 15 is 0 Å². The highest BCUT2D eigenvalue weighted by Gasteiger charge is 2.21. The Balaban J connectivity index is 2.26. The number of aliphatic hydroxyl groups is 1. The number of aliphatic hydroxyl groups excluding tert-OH is 1. The van der Waals surface area contributed by atoms with Gasteiger partial charge in [-0.2, -0.15) is 0 Å². The summed E-state index contributed by atoms with van der Waals surface area (Å²) in [4.78, 5) is 30.3. The molecule has 0 spiro atoms. The van der Waals surface area contributed by atoms with E-state index in [2.05, 4.69) is 30.6 Å². The van der Waals surface area contributed by atoms with Gasteiger partial charge in [0.15, 0.2) is 0 Å². The monoisotopic (exact) mass is 891 g/mol. The minimum atomic E-state index is -0.0170. The number of unbranched alkanes of at least 4 members (excludes halogenated alkanes) is 27. The molecule has 63 heavy (non-hydrogen) atoms. The summed E-state index contributed by atoms with van der Waals surface area (Å²) >= 11 is 0. The molecule has 0 atom stereocenters. The lowest BCUT2D eigenvalue weighted by molar-refractivity contribution is -0.145. The van der Waals surface area contributed by atoms with Crippen LogP contribution in [0.5, 0.6) is 0 Å². The van der Waals surface area contributed by atoms with Gasteiger partial charge < -0.3 is 14.6 Å². The van der Waals surface area contributed by atoms with Crippen LogP contribution in [0.15, 0.2) is 0 Å². The summed E-state index contributed by atoms with van der Waals surface area (Å²) in [6, 6.07) is 0.659. The summed E-state index contributed by atoms with van der Waals surface area (Å²) in [5.41, 5.74) is 0. The third-order valence-electron chi connectivity index (χ3n) is 14.1. The van der Waals surface area contributed by atoms with Gasteiger partial charge in [-0.3, -0.25) is 19.4 Å². The SMILES string of the molecule is CCCCCCCCCCCCCCCCOC(=O)CCCCCN(CCN(CCO)CCCCCC(=O)OCC(CCCCCCCC)CCCCCCCC)C1CCCCC1. The van der Waals surface area contributed by atoms with Crippen LogP contribution in [0.2, 0.25) is 0 Å². The van der Waals surface area contributed by atoms with Crippen LogP contribution >= 0.6 is 0 Å². The first-order valence-electron chi connectivity index (χ1n) is 28.4. The van der Waals surface area contributed by atoms with Crippen LogP contribution in [-0.4, -0.2) is 85.4 Å². The third-order valence-corrected chi connectivity index (χ3v) is 14.1. The van der Waals surface area contributed by atoms with E-state index in [0.717, 1.165) is 71.1 Å². The van der Waals surface area contributed by atoms with Crippen molar-refractivity contribution >= 4 is 11.9 Å². The summed E-state index contributed by atoms with van der Waals surface area (Å²) in [6.45, 7) is 13.0. The molecule has 0 radical (unpaired) electrons. The molecule has 1 N–H and O–H groups in total. The van der Waals surface area contributed by atoms with Gasteiger partial charge in [0.25, 0.3) is 0 Å². The molecule has 0 aromatic rings. The Bertz CT molecular complexity index is 942. The molecule has 0 amide bonds. The first kappa shape index (κ1) is 59.8. The predicted molar refractivity (Wildman–Crippen MR) is 271 cm³/mol. The second-order valence-corrected chi connectivity index (χ2v) is 20.0. The standard InChI is InChI=1S/C56H110N2O5/c1-4-7-10-13-16-17-18-19-20-21-22-23-26-38-51-62-55(60)43-35-29-37-46-58(54-41-32-27-33-42-54)48-47-57(49-50-59)45-36-28-34-44-56(61)63-52-53(39-30-24-14-11-8-5-2)40-31-25-15-12-9-6-3/h53-54,59H,4-52H2,1-3H3. The quantitative estimate of drug-likeness (QED) is 0.0481. The molecule has 374 valence electrons. The molecule has 0 saturated heterocycles. The Labute approximate surface area is 393 Å². The Morgan fingerprint density at radius 3 is 1.38 bits per heavy atom. The second-order valence-electron chi connectivity index (χ2n) is 20.0. The van der Waals surface area contributed by atoms with Gasteiger partial charge in [-0.15, -0.1) is 0 Å². The topological polar surface area (TPSA) is 79.3 Å². The van der Waals surface area contributed by atoms with E-state index in [4.69, 9.17) is 9.47 Å².